The van der Waals surface area contributed by atoms with Crippen LogP contribution in [-0.4, -0.2) is 35.7 Å². The van der Waals surface area contributed by atoms with Gasteiger partial charge in [0, 0.05) is 36.8 Å². The van der Waals surface area contributed by atoms with E-state index in [1.807, 2.05) is 20.8 Å². The first-order chi connectivity index (χ1) is 11.7. The smallest absolute Gasteiger partial charge is 0.229 e. The molecule has 1 aliphatic rings. The van der Waals surface area contributed by atoms with Gasteiger partial charge in [-0.25, -0.2) is 0 Å². The third-order valence-electron chi connectivity index (χ3n) is 4.19. The lowest BCUT2D eigenvalue weighted by Gasteiger charge is -2.35. The summed E-state index contributed by atoms with van der Waals surface area (Å²) in [5.74, 6) is -0.319. The van der Waals surface area contributed by atoms with E-state index in [4.69, 9.17) is 0 Å². The zero-order chi connectivity index (χ0) is 18.6. The number of nitrogens with one attached hydrogen (secondary N) is 2. The van der Waals surface area contributed by atoms with Crippen molar-refractivity contribution in [1.29, 1.82) is 0 Å². The minimum atomic E-state index is -0.433. The minimum absolute atomic E-state index is 0.0707. The Labute approximate surface area is 149 Å². The summed E-state index contributed by atoms with van der Waals surface area (Å²) < 4.78 is 0. The van der Waals surface area contributed by atoms with Gasteiger partial charge in [-0.2, -0.15) is 0 Å². The van der Waals surface area contributed by atoms with Crippen molar-refractivity contribution in [3.63, 3.8) is 0 Å². The highest BCUT2D eigenvalue weighted by atomic mass is 16.2. The van der Waals surface area contributed by atoms with Gasteiger partial charge >= 0.3 is 0 Å². The molecule has 6 nitrogen and oxygen atoms in total. The maximum Gasteiger partial charge on any atom is 0.229 e. The monoisotopic (exact) mass is 345 g/mol. The fourth-order valence-electron chi connectivity index (χ4n) is 2.93. The summed E-state index contributed by atoms with van der Waals surface area (Å²) in [4.78, 5) is 37.8. The summed E-state index contributed by atoms with van der Waals surface area (Å²) in [5, 5.41) is 5.59. The van der Waals surface area contributed by atoms with Crippen LogP contribution in [0.15, 0.2) is 24.3 Å². The van der Waals surface area contributed by atoms with Crippen molar-refractivity contribution in [2.24, 2.45) is 11.3 Å². The number of hydrogen-bond acceptors (Lipinski definition) is 3. The summed E-state index contributed by atoms with van der Waals surface area (Å²) in [7, 11) is 0. The van der Waals surface area contributed by atoms with Crippen molar-refractivity contribution in [2.45, 2.75) is 40.5 Å². The van der Waals surface area contributed by atoms with Gasteiger partial charge in [0.2, 0.25) is 17.7 Å². The molecule has 1 aromatic rings. The molecule has 2 N–H and O–H groups in total. The molecule has 3 amide bonds. The van der Waals surface area contributed by atoms with E-state index in [0.29, 0.717) is 24.5 Å². The lowest BCUT2D eigenvalue weighted by molar-refractivity contribution is -0.142. The molecule has 2 rings (SSSR count). The first-order valence-corrected chi connectivity index (χ1v) is 8.64. The van der Waals surface area contributed by atoms with Crippen LogP contribution >= 0.6 is 0 Å². The minimum Gasteiger partial charge on any atom is -0.341 e. The second-order valence-electron chi connectivity index (χ2n) is 7.59. The zero-order valence-corrected chi connectivity index (χ0v) is 15.4. The second kappa shape index (κ2) is 7.68. The number of hydrogen-bond donors (Lipinski definition) is 2. The summed E-state index contributed by atoms with van der Waals surface area (Å²) in [5.41, 5.74) is 0.932. The van der Waals surface area contributed by atoms with Crippen molar-refractivity contribution in [3.8, 4) is 0 Å². The van der Waals surface area contributed by atoms with Crippen molar-refractivity contribution in [2.75, 3.05) is 23.7 Å². The highest BCUT2D eigenvalue weighted by molar-refractivity contribution is 5.94. The van der Waals surface area contributed by atoms with E-state index in [1.54, 1.807) is 29.2 Å². The highest BCUT2D eigenvalue weighted by Crippen LogP contribution is 2.24. The van der Waals surface area contributed by atoms with E-state index in [1.165, 1.54) is 6.92 Å². The molecule has 0 aromatic heterocycles. The molecule has 1 atom stereocenters. The molecule has 0 aliphatic carbocycles. The Morgan fingerprint density at radius 2 is 1.60 bits per heavy atom. The molecule has 0 radical (unpaired) electrons. The molecule has 136 valence electrons. The largest absolute Gasteiger partial charge is 0.341 e. The van der Waals surface area contributed by atoms with E-state index in [0.717, 1.165) is 12.8 Å². The van der Waals surface area contributed by atoms with Crippen molar-refractivity contribution in [1.82, 2.24) is 4.90 Å². The van der Waals surface area contributed by atoms with Crippen molar-refractivity contribution in [3.05, 3.63) is 24.3 Å². The summed E-state index contributed by atoms with van der Waals surface area (Å²) in [6, 6.07) is 6.99. The van der Waals surface area contributed by atoms with Crippen LogP contribution in [0.4, 0.5) is 11.4 Å². The maximum atomic E-state index is 12.5. The molecule has 0 bridgehead atoms. The van der Waals surface area contributed by atoms with Crippen LogP contribution in [0.25, 0.3) is 0 Å². The van der Waals surface area contributed by atoms with Crippen LogP contribution in [0.3, 0.4) is 0 Å². The van der Waals surface area contributed by atoms with Gasteiger partial charge in [-0.1, -0.05) is 20.8 Å². The number of anilines is 2. The molecule has 1 aliphatic heterocycles. The van der Waals surface area contributed by atoms with E-state index in [-0.39, 0.29) is 23.6 Å². The van der Waals surface area contributed by atoms with Gasteiger partial charge in [0.25, 0.3) is 0 Å². The molecule has 0 saturated carbocycles. The molecule has 1 aromatic carbocycles. The predicted molar refractivity (Wildman–Crippen MR) is 98.1 cm³/mol. The van der Waals surface area contributed by atoms with E-state index < -0.39 is 5.41 Å². The average molecular weight is 345 g/mol. The molecule has 1 unspecified atom stereocenters. The fraction of sp³-hybridized carbons (Fsp3) is 0.526. The fourth-order valence-corrected chi connectivity index (χ4v) is 2.93. The Morgan fingerprint density at radius 3 is 2.12 bits per heavy atom. The van der Waals surface area contributed by atoms with Crippen LogP contribution in [0.2, 0.25) is 0 Å². The first kappa shape index (κ1) is 19.0. The number of amides is 3. The number of carbonyl (C=O) groups is 3. The third-order valence-corrected chi connectivity index (χ3v) is 4.19. The normalized spacial score (nSPS) is 17.8. The SMILES string of the molecule is CC(=O)Nc1ccc(NC(=O)C2CCCN(C(=O)C(C)(C)C)C2)cc1. The van der Waals surface area contributed by atoms with Gasteiger partial charge in [0.1, 0.15) is 0 Å². The van der Waals surface area contributed by atoms with Crippen LogP contribution < -0.4 is 10.6 Å². The number of piperidine rings is 1. The maximum absolute atomic E-state index is 12.5. The highest BCUT2D eigenvalue weighted by Gasteiger charge is 2.33. The predicted octanol–water partition coefficient (Wildman–Crippen LogP) is 2.87. The molecule has 6 heteroatoms. The van der Waals surface area contributed by atoms with Gasteiger partial charge in [-0.05, 0) is 37.1 Å². The van der Waals surface area contributed by atoms with Crippen LogP contribution in [-0.2, 0) is 14.4 Å². The third kappa shape index (κ3) is 5.31. The van der Waals surface area contributed by atoms with Gasteiger partial charge in [0.05, 0.1) is 5.92 Å². The van der Waals surface area contributed by atoms with Gasteiger partial charge in [-0.3, -0.25) is 14.4 Å². The lowest BCUT2D eigenvalue weighted by atomic mass is 9.91. The zero-order valence-electron chi connectivity index (χ0n) is 15.4. The molecule has 1 saturated heterocycles. The molecule has 1 heterocycles. The number of nitrogens with zero attached hydrogens (tertiary/aromatic N) is 1. The Balaban J connectivity index is 1.96. The Morgan fingerprint density at radius 1 is 1.04 bits per heavy atom. The molecular weight excluding hydrogens is 318 g/mol. The van der Waals surface area contributed by atoms with Crippen LogP contribution in [0.5, 0.6) is 0 Å². The lowest BCUT2D eigenvalue weighted by Crippen LogP contribution is -2.47. The van der Waals surface area contributed by atoms with E-state index in [9.17, 15) is 14.4 Å². The van der Waals surface area contributed by atoms with Crippen molar-refractivity contribution < 1.29 is 14.4 Å². The van der Waals surface area contributed by atoms with Gasteiger partial charge < -0.3 is 15.5 Å². The van der Waals surface area contributed by atoms with Gasteiger partial charge in [-0.15, -0.1) is 0 Å². The molecular formula is C19H27N3O3. The second-order valence-corrected chi connectivity index (χ2v) is 7.59. The van der Waals surface area contributed by atoms with Crippen LogP contribution in [0, 0.1) is 11.3 Å². The number of rotatable bonds is 3. The molecule has 1 fully saturated rings. The Hall–Kier alpha value is -2.37. The van der Waals surface area contributed by atoms with Gasteiger partial charge in [0.15, 0.2) is 0 Å². The first-order valence-electron chi connectivity index (χ1n) is 8.64. The standard InChI is InChI=1S/C19H27N3O3/c1-13(23)20-15-7-9-16(10-8-15)21-17(24)14-6-5-11-22(12-14)18(25)19(2,3)4/h7-10,14H,5-6,11-12H2,1-4H3,(H,20,23)(H,21,24). The summed E-state index contributed by atoms with van der Waals surface area (Å²) in [6.45, 7) is 8.32. The quantitative estimate of drug-likeness (QED) is 0.884. The van der Waals surface area contributed by atoms with E-state index >= 15 is 0 Å². The topological polar surface area (TPSA) is 78.5 Å². The van der Waals surface area contributed by atoms with Crippen molar-refractivity contribution >= 4 is 29.1 Å². The Kier molecular flexibility index (Phi) is 5.82. The number of likely N-dealkylation sites (tertiary alicyclic amines) is 1. The average Bonchev–Trinajstić information content (AvgIpc) is 2.54. The summed E-state index contributed by atoms with van der Waals surface area (Å²) in [6.07, 6.45) is 1.62. The Bertz CT molecular complexity index is 647. The molecule has 25 heavy (non-hydrogen) atoms. The summed E-state index contributed by atoms with van der Waals surface area (Å²) >= 11 is 0. The number of benzene rings is 1. The number of carbonyl (C=O) groups excluding carboxylic acids is 3. The van der Waals surface area contributed by atoms with E-state index in [2.05, 4.69) is 10.6 Å². The van der Waals surface area contributed by atoms with Crippen LogP contribution in [0.1, 0.15) is 40.5 Å². The molecule has 0 spiro atoms.